The summed E-state index contributed by atoms with van der Waals surface area (Å²) >= 11 is 53.7. The van der Waals surface area contributed by atoms with Crippen molar-refractivity contribution >= 4 is 104 Å². The second-order valence-corrected chi connectivity index (χ2v) is 10.9. The van der Waals surface area contributed by atoms with E-state index in [0.717, 1.165) is 25.7 Å². The lowest BCUT2D eigenvalue weighted by Crippen LogP contribution is -2.56. The van der Waals surface area contributed by atoms with Crippen LogP contribution in [0.15, 0.2) is 0 Å². The second-order valence-electron chi connectivity index (χ2n) is 4.52. The molecule has 0 heterocycles. The van der Waals surface area contributed by atoms with Gasteiger partial charge in [-0.15, -0.1) is 0 Å². The predicted molar refractivity (Wildman–Crippen MR) is 97.0 cm³/mol. The minimum Gasteiger partial charge on any atom is -0.0982 e. The molecule has 0 fully saturated rings. The number of rotatable bonds is 8. The highest BCUT2D eigenvalue weighted by Gasteiger charge is 2.67. The zero-order chi connectivity index (χ0) is 16.2. The van der Waals surface area contributed by atoms with Gasteiger partial charge in [0.1, 0.15) is 0 Å². The molecule has 20 heavy (non-hydrogen) atoms. The monoisotopic (exact) mass is 462 g/mol. The van der Waals surface area contributed by atoms with Crippen LogP contribution >= 0.6 is 104 Å². The summed E-state index contributed by atoms with van der Waals surface area (Å²) in [6, 6.07) is 0. The van der Waals surface area contributed by atoms with Gasteiger partial charge in [-0.05, 0) is 6.42 Å². The van der Waals surface area contributed by atoms with Crippen LogP contribution in [0.3, 0.4) is 0 Å². The molecule has 0 aliphatic carbocycles. The molecule has 0 unspecified atom stereocenters. The van der Waals surface area contributed by atoms with Crippen LogP contribution in [0, 0.1) is 0 Å². The molecule has 0 aromatic carbocycles. The maximum atomic E-state index is 6.19. The Labute approximate surface area is 165 Å². The Balaban J connectivity index is 4.81. The third-order valence-corrected chi connectivity index (χ3v) is 8.30. The number of hydrogen-bond donors (Lipinski definition) is 0. The van der Waals surface area contributed by atoms with Gasteiger partial charge in [0.2, 0.25) is 3.79 Å². The topological polar surface area (TPSA) is 0 Å². The molecule has 0 spiro atoms. The first-order valence-corrected chi connectivity index (χ1v) is 9.41. The average molecular weight is 466 g/mol. The van der Waals surface area contributed by atoms with E-state index in [4.69, 9.17) is 104 Å². The Kier molecular flexibility index (Phi) is 9.76. The molecule has 0 bridgehead atoms. The van der Waals surface area contributed by atoms with E-state index in [1.54, 1.807) is 0 Å². The second kappa shape index (κ2) is 8.63. The fraction of sp³-hybridized carbons (Fsp3) is 1.00. The molecule has 0 radical (unpaired) electrons. The van der Waals surface area contributed by atoms with Gasteiger partial charge in [-0.25, -0.2) is 0 Å². The smallest absolute Gasteiger partial charge is 0.0982 e. The van der Waals surface area contributed by atoms with Gasteiger partial charge < -0.3 is 0 Å². The molecule has 9 heteroatoms. The maximum Gasteiger partial charge on any atom is 0.226 e. The van der Waals surface area contributed by atoms with Gasteiger partial charge in [-0.3, -0.25) is 0 Å². The molecule has 0 rings (SSSR count). The number of hydrogen-bond acceptors (Lipinski definition) is 0. The molecule has 122 valence electrons. The van der Waals surface area contributed by atoms with Crippen molar-refractivity contribution in [3.8, 4) is 0 Å². The van der Waals surface area contributed by atoms with E-state index >= 15 is 0 Å². The lowest BCUT2D eigenvalue weighted by molar-refractivity contribution is 0.511. The van der Waals surface area contributed by atoms with Crippen LogP contribution in [0.2, 0.25) is 0 Å². The molecule has 0 saturated heterocycles. The first kappa shape index (κ1) is 22.6. The van der Waals surface area contributed by atoms with Gasteiger partial charge in [-0.2, -0.15) is 0 Å². The van der Waals surface area contributed by atoms with Crippen molar-refractivity contribution in [2.75, 3.05) is 0 Å². The van der Waals surface area contributed by atoms with Crippen LogP contribution in [-0.2, 0) is 0 Å². The van der Waals surface area contributed by atoms with E-state index in [2.05, 4.69) is 6.92 Å². The van der Waals surface area contributed by atoms with E-state index in [1.807, 2.05) is 0 Å². The largest absolute Gasteiger partial charge is 0.226 e. The normalized spacial score (nSPS) is 14.7. The molecule has 0 N–H and O–H groups in total. The van der Waals surface area contributed by atoms with Gasteiger partial charge in [0.05, 0.1) is 0 Å². The van der Waals surface area contributed by atoms with Crippen LogP contribution < -0.4 is 0 Å². The highest BCUT2D eigenvalue weighted by Crippen LogP contribution is 2.63. The molecule has 0 aromatic heterocycles. The van der Waals surface area contributed by atoms with E-state index < -0.39 is 16.8 Å². The van der Waals surface area contributed by atoms with E-state index in [-0.39, 0.29) is 6.42 Å². The van der Waals surface area contributed by atoms with Gasteiger partial charge in [-0.1, -0.05) is 143 Å². The van der Waals surface area contributed by atoms with Crippen LogP contribution in [0.4, 0.5) is 0 Å². The maximum absolute atomic E-state index is 6.19. The molecule has 0 aliphatic heterocycles. The van der Waals surface area contributed by atoms with Crippen LogP contribution in [-0.4, -0.2) is 16.8 Å². The number of alkyl halides is 9. The van der Waals surface area contributed by atoms with Crippen molar-refractivity contribution in [1.29, 1.82) is 0 Å². The summed E-state index contributed by atoms with van der Waals surface area (Å²) in [6.45, 7) is 2.12. The number of unbranched alkanes of at least 4 members (excludes halogenated alkanes) is 4. The first-order chi connectivity index (χ1) is 8.81. The third-order valence-electron chi connectivity index (χ3n) is 2.80. The molecular formula is C11H15Cl9. The fourth-order valence-corrected chi connectivity index (χ4v) is 3.77. The first-order valence-electron chi connectivity index (χ1n) is 6.01. The lowest BCUT2D eigenvalue weighted by Gasteiger charge is -2.44. The van der Waals surface area contributed by atoms with E-state index in [9.17, 15) is 0 Å². The summed E-state index contributed by atoms with van der Waals surface area (Å²) in [4.78, 5) is 0. The summed E-state index contributed by atoms with van der Waals surface area (Å²) in [5.41, 5.74) is 0. The predicted octanol–water partition coefficient (Wildman–Crippen LogP) is 8.24. The molecular weight excluding hydrogens is 451 g/mol. The summed E-state index contributed by atoms with van der Waals surface area (Å²) in [5.74, 6) is 0. The molecule has 0 aliphatic rings. The Morgan fingerprint density at radius 2 is 1.05 bits per heavy atom. The fourth-order valence-electron chi connectivity index (χ4n) is 1.52. The average Bonchev–Trinajstić information content (AvgIpc) is 2.26. The standard InChI is InChI=1S/C11H15Cl9/c1-2-3-4-5-6-7-8(12,13)9(14,15)10(16,17)11(18,19)20/h2-7H2,1H3. The quantitative estimate of drug-likeness (QED) is 0.250. The molecule has 0 nitrogen and oxygen atoms in total. The number of halogens is 9. The van der Waals surface area contributed by atoms with Gasteiger partial charge in [0.25, 0.3) is 0 Å². The summed E-state index contributed by atoms with van der Waals surface area (Å²) in [5, 5.41) is 0. The van der Waals surface area contributed by atoms with Gasteiger partial charge in [0, 0.05) is 0 Å². The Hall–Kier alpha value is 2.61. The molecule has 0 aromatic rings. The minimum absolute atomic E-state index is 0.273. The Morgan fingerprint density at radius 1 is 0.600 bits per heavy atom. The SMILES string of the molecule is CCCCCCCC(Cl)(Cl)C(Cl)(Cl)C(Cl)(Cl)C(Cl)(Cl)Cl. The van der Waals surface area contributed by atoms with Gasteiger partial charge >= 0.3 is 0 Å². The lowest BCUT2D eigenvalue weighted by atomic mass is 10.1. The minimum atomic E-state index is -2.18. The van der Waals surface area contributed by atoms with Crippen molar-refractivity contribution in [3.63, 3.8) is 0 Å². The molecule has 0 saturated carbocycles. The zero-order valence-electron chi connectivity index (χ0n) is 10.6. The van der Waals surface area contributed by atoms with Crippen molar-refractivity contribution in [2.45, 2.75) is 62.2 Å². The highest BCUT2D eigenvalue weighted by atomic mass is 35.6. The van der Waals surface area contributed by atoms with Gasteiger partial charge in [0.15, 0.2) is 13.0 Å². The van der Waals surface area contributed by atoms with Crippen molar-refractivity contribution in [2.24, 2.45) is 0 Å². The van der Waals surface area contributed by atoms with Crippen molar-refractivity contribution in [1.82, 2.24) is 0 Å². The molecule has 0 atom stereocenters. The summed E-state index contributed by atoms with van der Waals surface area (Å²) in [7, 11) is 0. The van der Waals surface area contributed by atoms with Crippen molar-refractivity contribution in [3.05, 3.63) is 0 Å². The molecule has 0 amide bonds. The zero-order valence-corrected chi connectivity index (χ0v) is 17.4. The summed E-state index contributed by atoms with van der Waals surface area (Å²) in [6.07, 6.45) is 5.24. The third kappa shape index (κ3) is 5.60. The van der Waals surface area contributed by atoms with Crippen LogP contribution in [0.5, 0.6) is 0 Å². The van der Waals surface area contributed by atoms with E-state index in [1.165, 1.54) is 0 Å². The Morgan fingerprint density at radius 3 is 1.45 bits per heavy atom. The van der Waals surface area contributed by atoms with Crippen molar-refractivity contribution < 1.29 is 0 Å². The highest BCUT2D eigenvalue weighted by molar-refractivity contribution is 6.80. The van der Waals surface area contributed by atoms with Crippen LogP contribution in [0.25, 0.3) is 0 Å². The summed E-state index contributed by atoms with van der Waals surface area (Å²) < 4.78 is -8.06. The van der Waals surface area contributed by atoms with E-state index in [0.29, 0.717) is 6.42 Å². The Bertz CT molecular complexity index is 293. The van der Waals surface area contributed by atoms with Crippen LogP contribution in [0.1, 0.15) is 45.4 Å².